The Kier molecular flexibility index (Phi) is 4.78. The van der Waals surface area contributed by atoms with Gasteiger partial charge in [0.25, 0.3) is 0 Å². The Labute approximate surface area is 135 Å². The summed E-state index contributed by atoms with van der Waals surface area (Å²) in [6, 6.07) is 14.3. The number of amides is 1. The smallest absolute Gasteiger partial charge is 0.233 e. The Morgan fingerprint density at radius 1 is 1.27 bits per heavy atom. The van der Waals surface area contributed by atoms with E-state index in [1.54, 1.807) is 6.20 Å². The minimum Gasteiger partial charge on any atom is -0.348 e. The lowest BCUT2D eigenvalue weighted by Gasteiger charge is -2.27. The molecule has 0 bridgehead atoms. The van der Waals surface area contributed by atoms with E-state index in [4.69, 9.17) is 0 Å². The Balaban J connectivity index is 1.65. The molecule has 114 valence electrons. The lowest BCUT2D eigenvalue weighted by Crippen LogP contribution is -2.35. The van der Waals surface area contributed by atoms with Crippen molar-refractivity contribution in [2.45, 2.75) is 42.5 Å². The second-order valence-corrected chi connectivity index (χ2v) is 6.94. The summed E-state index contributed by atoms with van der Waals surface area (Å²) in [6.45, 7) is 1.93. The highest BCUT2D eigenvalue weighted by atomic mass is 32.2. The van der Waals surface area contributed by atoms with E-state index in [1.165, 1.54) is 22.9 Å². The average molecular weight is 312 g/mol. The van der Waals surface area contributed by atoms with Crippen LogP contribution in [0.1, 0.15) is 36.9 Å². The zero-order valence-electron chi connectivity index (χ0n) is 12.7. The predicted molar refractivity (Wildman–Crippen MR) is 89.8 cm³/mol. The Bertz CT molecular complexity index is 645. The minimum atomic E-state index is -0.149. The first-order valence-electron chi connectivity index (χ1n) is 7.70. The zero-order chi connectivity index (χ0) is 15.4. The molecule has 0 fully saturated rings. The molecule has 1 aromatic heterocycles. The van der Waals surface area contributed by atoms with Crippen molar-refractivity contribution in [1.29, 1.82) is 0 Å². The number of carbonyl (C=O) groups excluding carboxylic acids is 1. The molecule has 3 rings (SSSR count). The first kappa shape index (κ1) is 15.1. The molecule has 0 radical (unpaired) electrons. The van der Waals surface area contributed by atoms with Crippen LogP contribution >= 0.6 is 11.8 Å². The van der Waals surface area contributed by atoms with E-state index in [-0.39, 0.29) is 17.2 Å². The summed E-state index contributed by atoms with van der Waals surface area (Å²) in [5.74, 6) is 0.0809. The highest BCUT2D eigenvalue weighted by Crippen LogP contribution is 2.30. The maximum Gasteiger partial charge on any atom is 0.233 e. The Morgan fingerprint density at radius 2 is 2.09 bits per heavy atom. The van der Waals surface area contributed by atoms with E-state index in [2.05, 4.69) is 34.6 Å². The van der Waals surface area contributed by atoms with Crippen molar-refractivity contribution in [2.75, 3.05) is 0 Å². The molecule has 1 amide bonds. The van der Waals surface area contributed by atoms with Crippen LogP contribution < -0.4 is 5.32 Å². The van der Waals surface area contributed by atoms with Gasteiger partial charge in [-0.1, -0.05) is 42.1 Å². The monoisotopic (exact) mass is 312 g/mol. The molecule has 2 unspecified atom stereocenters. The molecule has 1 heterocycles. The predicted octanol–water partition coefficient (Wildman–Crippen LogP) is 3.76. The molecule has 1 aliphatic carbocycles. The van der Waals surface area contributed by atoms with Crippen LogP contribution in [0.2, 0.25) is 0 Å². The lowest BCUT2D eigenvalue weighted by molar-refractivity contribution is -0.121. The van der Waals surface area contributed by atoms with Gasteiger partial charge >= 0.3 is 0 Å². The summed E-state index contributed by atoms with van der Waals surface area (Å²) in [6.07, 6.45) is 5.01. The van der Waals surface area contributed by atoms with Crippen LogP contribution in [-0.4, -0.2) is 16.1 Å². The maximum absolute atomic E-state index is 12.5. The summed E-state index contributed by atoms with van der Waals surface area (Å²) >= 11 is 1.50. The van der Waals surface area contributed by atoms with Crippen LogP contribution in [0.25, 0.3) is 0 Å². The molecule has 2 atom stereocenters. The van der Waals surface area contributed by atoms with E-state index in [0.717, 1.165) is 24.3 Å². The quantitative estimate of drug-likeness (QED) is 0.874. The first-order valence-corrected chi connectivity index (χ1v) is 8.58. The SMILES string of the molecule is CC(Sc1ccccn1)C(=O)NC1CCCc2ccccc21. The summed E-state index contributed by atoms with van der Waals surface area (Å²) in [5, 5.41) is 3.94. The highest BCUT2D eigenvalue weighted by Gasteiger charge is 2.24. The molecule has 1 aliphatic rings. The fraction of sp³-hybridized carbons (Fsp3) is 0.333. The van der Waals surface area contributed by atoms with Crippen LogP contribution in [0.4, 0.5) is 0 Å². The third-order valence-corrected chi connectivity index (χ3v) is 5.04. The van der Waals surface area contributed by atoms with Crippen molar-refractivity contribution >= 4 is 17.7 Å². The molecule has 2 aromatic rings. The number of aromatic nitrogens is 1. The fourth-order valence-electron chi connectivity index (χ4n) is 2.84. The number of pyridine rings is 1. The summed E-state index contributed by atoms with van der Waals surface area (Å²) < 4.78 is 0. The van der Waals surface area contributed by atoms with Gasteiger partial charge in [-0.3, -0.25) is 4.79 Å². The van der Waals surface area contributed by atoms with Gasteiger partial charge in [0.05, 0.1) is 16.3 Å². The molecule has 3 nitrogen and oxygen atoms in total. The minimum absolute atomic E-state index is 0.0809. The third kappa shape index (κ3) is 3.50. The van der Waals surface area contributed by atoms with Gasteiger partial charge in [0.2, 0.25) is 5.91 Å². The van der Waals surface area contributed by atoms with Crippen LogP contribution in [0.3, 0.4) is 0 Å². The van der Waals surface area contributed by atoms with Gasteiger partial charge in [-0.05, 0) is 49.4 Å². The molecular formula is C18H20N2OS. The molecule has 0 saturated carbocycles. The van der Waals surface area contributed by atoms with Crippen LogP contribution in [0.5, 0.6) is 0 Å². The number of carbonyl (C=O) groups is 1. The van der Waals surface area contributed by atoms with E-state index in [9.17, 15) is 4.79 Å². The first-order chi connectivity index (χ1) is 10.7. The van der Waals surface area contributed by atoms with E-state index in [0.29, 0.717) is 0 Å². The number of aryl methyl sites for hydroxylation is 1. The van der Waals surface area contributed by atoms with Gasteiger partial charge in [0, 0.05) is 6.20 Å². The van der Waals surface area contributed by atoms with Crippen molar-refractivity contribution < 1.29 is 4.79 Å². The standard InChI is InChI=1S/C18H20N2OS/c1-13(22-17-11-4-5-12-19-17)18(21)20-16-10-6-8-14-7-2-3-9-15(14)16/h2-5,7,9,11-13,16H,6,8,10H2,1H3,(H,20,21). The van der Waals surface area contributed by atoms with Gasteiger partial charge < -0.3 is 5.32 Å². The van der Waals surface area contributed by atoms with Gasteiger partial charge in [-0.15, -0.1) is 0 Å². The highest BCUT2D eigenvalue weighted by molar-refractivity contribution is 8.00. The number of hydrogen-bond acceptors (Lipinski definition) is 3. The molecule has 0 aliphatic heterocycles. The number of fused-ring (bicyclic) bond motifs is 1. The van der Waals surface area contributed by atoms with E-state index < -0.39 is 0 Å². The molecule has 4 heteroatoms. The lowest BCUT2D eigenvalue weighted by atomic mass is 9.88. The second-order valence-electron chi connectivity index (χ2n) is 5.58. The largest absolute Gasteiger partial charge is 0.348 e. The van der Waals surface area contributed by atoms with Crippen LogP contribution in [0, 0.1) is 0 Å². The number of benzene rings is 1. The summed E-state index contributed by atoms with van der Waals surface area (Å²) in [5.41, 5.74) is 2.64. The van der Waals surface area contributed by atoms with Crippen molar-refractivity contribution in [1.82, 2.24) is 10.3 Å². The van der Waals surface area contributed by atoms with Crippen molar-refractivity contribution in [2.24, 2.45) is 0 Å². The molecular weight excluding hydrogens is 292 g/mol. The molecule has 1 aromatic carbocycles. The second kappa shape index (κ2) is 6.97. The van der Waals surface area contributed by atoms with E-state index in [1.807, 2.05) is 25.1 Å². The van der Waals surface area contributed by atoms with E-state index >= 15 is 0 Å². The molecule has 22 heavy (non-hydrogen) atoms. The third-order valence-electron chi connectivity index (χ3n) is 3.99. The van der Waals surface area contributed by atoms with Crippen LogP contribution in [-0.2, 0) is 11.2 Å². The van der Waals surface area contributed by atoms with Crippen molar-refractivity contribution in [3.05, 3.63) is 59.8 Å². The van der Waals surface area contributed by atoms with Gasteiger partial charge in [-0.2, -0.15) is 0 Å². The fourth-order valence-corrected chi connectivity index (χ4v) is 3.66. The van der Waals surface area contributed by atoms with Gasteiger partial charge in [-0.25, -0.2) is 4.98 Å². The Morgan fingerprint density at radius 3 is 2.91 bits per heavy atom. The average Bonchev–Trinajstić information content (AvgIpc) is 2.56. The number of nitrogens with zero attached hydrogens (tertiary/aromatic N) is 1. The normalized spacial score (nSPS) is 18.3. The Hall–Kier alpha value is -1.81. The molecule has 0 spiro atoms. The molecule has 1 N–H and O–H groups in total. The van der Waals surface area contributed by atoms with Crippen molar-refractivity contribution in [3.8, 4) is 0 Å². The van der Waals surface area contributed by atoms with Crippen LogP contribution in [0.15, 0.2) is 53.7 Å². The summed E-state index contributed by atoms with van der Waals surface area (Å²) in [7, 11) is 0. The zero-order valence-corrected chi connectivity index (χ0v) is 13.5. The topological polar surface area (TPSA) is 42.0 Å². The molecule has 0 saturated heterocycles. The number of hydrogen-bond donors (Lipinski definition) is 1. The number of thioether (sulfide) groups is 1. The maximum atomic E-state index is 12.5. The van der Waals surface area contributed by atoms with Gasteiger partial charge in [0.15, 0.2) is 0 Å². The summed E-state index contributed by atoms with van der Waals surface area (Å²) in [4.78, 5) is 16.7. The number of rotatable bonds is 4. The van der Waals surface area contributed by atoms with Gasteiger partial charge in [0.1, 0.15) is 0 Å². The number of nitrogens with one attached hydrogen (secondary N) is 1. The van der Waals surface area contributed by atoms with Crippen molar-refractivity contribution in [3.63, 3.8) is 0 Å².